The molecule has 1 aliphatic heterocycles. The highest BCUT2D eigenvalue weighted by atomic mass is 32.2. The molecule has 2 aromatic carbocycles. The molecule has 1 aromatic heterocycles. The molecule has 0 saturated carbocycles. The smallest absolute Gasteiger partial charge is 0.258 e. The highest BCUT2D eigenvalue weighted by Gasteiger charge is 2.11. The second-order valence-corrected chi connectivity index (χ2v) is 8.07. The second-order valence-electron chi connectivity index (χ2n) is 7.09. The number of aryl methyl sites for hydroxylation is 1. The molecule has 0 atom stereocenters. The van der Waals surface area contributed by atoms with Gasteiger partial charge in [-0.2, -0.15) is 11.8 Å². The van der Waals surface area contributed by atoms with Gasteiger partial charge >= 0.3 is 0 Å². The van der Waals surface area contributed by atoms with E-state index in [1.54, 1.807) is 16.3 Å². The van der Waals surface area contributed by atoms with Crippen LogP contribution in [0.5, 0.6) is 0 Å². The van der Waals surface area contributed by atoms with Gasteiger partial charge in [-0.05, 0) is 52.6 Å². The van der Waals surface area contributed by atoms with Gasteiger partial charge in [0.2, 0.25) is 0 Å². The maximum atomic E-state index is 12.9. The Morgan fingerprint density at radius 2 is 2.00 bits per heavy atom. The highest BCUT2D eigenvalue weighted by Crippen LogP contribution is 2.32. The molecular formula is C24H23N3OS. The Hall–Kier alpha value is -3.05. The summed E-state index contributed by atoms with van der Waals surface area (Å²) in [5, 5.41) is 1.69. The summed E-state index contributed by atoms with van der Waals surface area (Å²) in [6.45, 7) is 4.56. The molecule has 146 valence electrons. The number of benzene rings is 2. The van der Waals surface area contributed by atoms with Crippen molar-refractivity contribution in [2.75, 3.05) is 12.0 Å². The molecule has 2 heterocycles. The molecule has 3 aromatic rings. The molecule has 0 spiro atoms. The number of fused-ring (bicyclic) bond motifs is 2. The van der Waals surface area contributed by atoms with Crippen molar-refractivity contribution >= 4 is 40.1 Å². The maximum absolute atomic E-state index is 12.9. The first kappa shape index (κ1) is 19.3. The van der Waals surface area contributed by atoms with Crippen LogP contribution in [0.3, 0.4) is 0 Å². The zero-order valence-electron chi connectivity index (χ0n) is 16.4. The number of hydrogen-bond donors (Lipinski definition) is 1. The van der Waals surface area contributed by atoms with Crippen LogP contribution in [0, 0.1) is 0 Å². The Bertz CT molecular complexity index is 1220. The van der Waals surface area contributed by atoms with Gasteiger partial charge in [0.15, 0.2) is 0 Å². The molecule has 5 heteroatoms. The summed E-state index contributed by atoms with van der Waals surface area (Å²) in [5.41, 5.74) is 11.0. The number of nitrogens with two attached hydrogens (primary N) is 1. The van der Waals surface area contributed by atoms with Gasteiger partial charge in [0.1, 0.15) is 5.84 Å². The molecule has 0 bridgehead atoms. The summed E-state index contributed by atoms with van der Waals surface area (Å²) < 4.78 is 1.78. The van der Waals surface area contributed by atoms with E-state index in [0.29, 0.717) is 18.8 Å². The Balaban J connectivity index is 1.80. The minimum Gasteiger partial charge on any atom is -0.387 e. The lowest BCUT2D eigenvalue weighted by atomic mass is 9.99. The SMILES string of the molecule is C=CC1=Cc2ccc(-c3ccc4ccn(CCSC)c(=O)c4c3)cc2N=C(N)C1. The molecule has 29 heavy (non-hydrogen) atoms. The average Bonchev–Trinajstić information content (AvgIpc) is 2.90. The zero-order valence-corrected chi connectivity index (χ0v) is 17.2. The molecule has 4 nitrogen and oxygen atoms in total. The summed E-state index contributed by atoms with van der Waals surface area (Å²) in [6, 6.07) is 14.2. The van der Waals surface area contributed by atoms with Gasteiger partial charge in [0.05, 0.1) is 5.69 Å². The van der Waals surface area contributed by atoms with Crippen LogP contribution in [0.2, 0.25) is 0 Å². The van der Waals surface area contributed by atoms with Crippen LogP contribution in [0.15, 0.2) is 76.7 Å². The van der Waals surface area contributed by atoms with Crippen LogP contribution in [-0.2, 0) is 6.54 Å². The van der Waals surface area contributed by atoms with Gasteiger partial charge in [0, 0.05) is 35.9 Å². The fourth-order valence-electron chi connectivity index (χ4n) is 3.55. The van der Waals surface area contributed by atoms with Gasteiger partial charge in [-0.1, -0.05) is 36.9 Å². The van der Waals surface area contributed by atoms with Crippen LogP contribution in [0.1, 0.15) is 12.0 Å². The molecule has 0 aliphatic carbocycles. The van der Waals surface area contributed by atoms with E-state index in [1.165, 1.54) is 0 Å². The predicted octanol–water partition coefficient (Wildman–Crippen LogP) is 4.99. The first-order chi connectivity index (χ1) is 14.1. The number of thioether (sulfide) groups is 1. The van der Waals surface area contributed by atoms with Crippen molar-refractivity contribution in [2.24, 2.45) is 10.7 Å². The third kappa shape index (κ3) is 3.91. The van der Waals surface area contributed by atoms with Crippen molar-refractivity contribution < 1.29 is 0 Å². The average molecular weight is 402 g/mol. The summed E-state index contributed by atoms with van der Waals surface area (Å²) in [7, 11) is 0. The van der Waals surface area contributed by atoms with E-state index in [-0.39, 0.29) is 5.56 Å². The van der Waals surface area contributed by atoms with Crippen molar-refractivity contribution in [3.05, 3.63) is 82.8 Å². The van der Waals surface area contributed by atoms with Gasteiger partial charge < -0.3 is 10.3 Å². The highest BCUT2D eigenvalue weighted by molar-refractivity contribution is 7.98. The quantitative estimate of drug-likeness (QED) is 0.655. The maximum Gasteiger partial charge on any atom is 0.258 e. The largest absolute Gasteiger partial charge is 0.387 e. The van der Waals surface area contributed by atoms with Crippen molar-refractivity contribution in [3.63, 3.8) is 0 Å². The van der Waals surface area contributed by atoms with E-state index >= 15 is 0 Å². The molecular weight excluding hydrogens is 378 g/mol. The van der Waals surface area contributed by atoms with E-state index in [4.69, 9.17) is 5.73 Å². The molecule has 0 amide bonds. The molecule has 0 radical (unpaired) electrons. The Kier molecular flexibility index (Phi) is 5.41. The summed E-state index contributed by atoms with van der Waals surface area (Å²) in [5.74, 6) is 1.48. The normalized spacial score (nSPS) is 13.4. The van der Waals surface area contributed by atoms with Crippen molar-refractivity contribution in [3.8, 4) is 11.1 Å². The number of aliphatic imine (C=N–C) groups is 1. The standard InChI is InChI=1S/C24H23N3OS/c1-3-16-12-20-7-6-19(15-22(20)26-23(25)13-16)18-5-4-17-8-9-27(10-11-29-2)24(28)21(17)14-18/h3-9,12,14-15H,1,10-11,13H2,2H3,(H2,25,26). The fraction of sp³-hybridized carbons (Fsp3) is 0.167. The predicted molar refractivity (Wildman–Crippen MR) is 126 cm³/mol. The van der Waals surface area contributed by atoms with Crippen molar-refractivity contribution in [2.45, 2.75) is 13.0 Å². The molecule has 2 N–H and O–H groups in total. The van der Waals surface area contributed by atoms with E-state index in [0.717, 1.165) is 44.5 Å². The summed E-state index contributed by atoms with van der Waals surface area (Å²) in [4.78, 5) is 17.5. The fourth-order valence-corrected chi connectivity index (χ4v) is 3.93. The number of pyridine rings is 1. The molecule has 1 aliphatic rings. The van der Waals surface area contributed by atoms with E-state index in [2.05, 4.69) is 23.7 Å². The van der Waals surface area contributed by atoms with Crippen LogP contribution in [-0.4, -0.2) is 22.4 Å². The van der Waals surface area contributed by atoms with Crippen LogP contribution < -0.4 is 11.3 Å². The van der Waals surface area contributed by atoms with E-state index < -0.39 is 0 Å². The Morgan fingerprint density at radius 3 is 2.79 bits per heavy atom. The van der Waals surface area contributed by atoms with Crippen molar-refractivity contribution in [1.82, 2.24) is 4.57 Å². The van der Waals surface area contributed by atoms with Gasteiger partial charge in [0.25, 0.3) is 5.56 Å². The summed E-state index contributed by atoms with van der Waals surface area (Å²) >= 11 is 1.73. The minimum atomic E-state index is 0.0500. The zero-order chi connectivity index (χ0) is 20.4. The lowest BCUT2D eigenvalue weighted by Gasteiger charge is -2.09. The second kappa shape index (κ2) is 8.13. The van der Waals surface area contributed by atoms with Crippen LogP contribution >= 0.6 is 11.8 Å². The monoisotopic (exact) mass is 401 g/mol. The first-order valence-corrected chi connectivity index (χ1v) is 10.9. The topological polar surface area (TPSA) is 60.4 Å². The number of rotatable bonds is 5. The number of nitrogens with zero attached hydrogens (tertiary/aromatic N) is 2. The lowest BCUT2D eigenvalue weighted by molar-refractivity contribution is 0.743. The molecule has 0 saturated heterocycles. The van der Waals surface area contributed by atoms with Crippen LogP contribution in [0.25, 0.3) is 28.0 Å². The van der Waals surface area contributed by atoms with Gasteiger partial charge in [-0.15, -0.1) is 0 Å². The Labute approximate surface area is 174 Å². The van der Waals surface area contributed by atoms with Gasteiger partial charge in [-0.3, -0.25) is 4.79 Å². The third-order valence-electron chi connectivity index (χ3n) is 5.13. The number of amidine groups is 1. The van der Waals surface area contributed by atoms with Crippen LogP contribution in [0.4, 0.5) is 5.69 Å². The van der Waals surface area contributed by atoms with E-state index in [9.17, 15) is 4.79 Å². The van der Waals surface area contributed by atoms with Gasteiger partial charge in [-0.25, -0.2) is 4.99 Å². The van der Waals surface area contributed by atoms with E-state index in [1.807, 2.05) is 54.9 Å². The van der Waals surface area contributed by atoms with Crippen molar-refractivity contribution in [1.29, 1.82) is 0 Å². The molecule has 0 fully saturated rings. The number of hydrogen-bond acceptors (Lipinski definition) is 4. The molecule has 4 rings (SSSR count). The lowest BCUT2D eigenvalue weighted by Crippen LogP contribution is -2.20. The summed E-state index contributed by atoms with van der Waals surface area (Å²) in [6.07, 6.45) is 8.41. The molecule has 0 unspecified atom stereocenters. The third-order valence-corrected chi connectivity index (χ3v) is 5.72. The first-order valence-electron chi connectivity index (χ1n) is 9.51. The Morgan fingerprint density at radius 1 is 1.21 bits per heavy atom. The number of allylic oxidation sites excluding steroid dienone is 1. The minimum absolute atomic E-state index is 0.0500. The number of aromatic nitrogens is 1.